The fourth-order valence-electron chi connectivity index (χ4n) is 2.58. The first kappa shape index (κ1) is 29.3. The van der Waals surface area contributed by atoms with Crippen molar-refractivity contribution in [2.24, 2.45) is 5.73 Å². The molecular formula is C23H34FN7O2. The minimum absolute atomic E-state index is 0.0662. The van der Waals surface area contributed by atoms with E-state index in [2.05, 4.69) is 10.3 Å². The van der Waals surface area contributed by atoms with Gasteiger partial charge in [-0.15, -0.1) is 0 Å². The van der Waals surface area contributed by atoms with E-state index in [9.17, 15) is 14.0 Å². The van der Waals surface area contributed by atoms with Crippen LogP contribution in [0, 0.1) is 23.6 Å². The Kier molecular flexibility index (Phi) is 13.5. The zero-order chi connectivity index (χ0) is 25.6. The highest BCUT2D eigenvalue weighted by atomic mass is 19.1. The van der Waals surface area contributed by atoms with Gasteiger partial charge in [-0.2, -0.15) is 0 Å². The normalized spacial score (nSPS) is 11.4. The number of nitrogens with two attached hydrogens (primary N) is 2. The molecule has 0 radical (unpaired) electrons. The van der Waals surface area contributed by atoms with Crippen LogP contribution in [0.25, 0.3) is 0 Å². The van der Waals surface area contributed by atoms with Gasteiger partial charge in [0.25, 0.3) is 11.8 Å². The standard InChI is InChI=1S/C19H24FN5O2.C2H4N2.C2H6/c1-11-4-6-15(21)14(8-11)19(27)25(3)12(2)9-17(22)24-18(26)16-7-5-13(20)10-23-16;3-1-2-4;1-2/h4-8,10,12,17H,9,21-22H2,1-3H3,(H,24,26);1-4H;1-2H3/t12-,17?;;/m0../s1. The Labute approximate surface area is 194 Å². The molecule has 33 heavy (non-hydrogen) atoms. The van der Waals surface area contributed by atoms with Crippen LogP contribution in [0.2, 0.25) is 0 Å². The molecule has 1 heterocycles. The number of rotatable bonds is 7. The number of anilines is 1. The molecule has 0 saturated heterocycles. The number of carbonyl (C=O) groups is 2. The first-order valence-corrected chi connectivity index (χ1v) is 10.4. The van der Waals surface area contributed by atoms with E-state index in [0.717, 1.165) is 30.3 Å². The molecule has 1 unspecified atom stereocenters. The summed E-state index contributed by atoms with van der Waals surface area (Å²) in [7, 11) is 1.66. The zero-order valence-corrected chi connectivity index (χ0v) is 19.7. The summed E-state index contributed by atoms with van der Waals surface area (Å²) in [5, 5.41) is 14.8. The van der Waals surface area contributed by atoms with E-state index in [4.69, 9.17) is 22.3 Å². The van der Waals surface area contributed by atoms with E-state index in [0.29, 0.717) is 17.7 Å². The molecule has 0 bridgehead atoms. The lowest BCUT2D eigenvalue weighted by molar-refractivity contribution is 0.0728. The molecule has 1 aromatic carbocycles. The number of carbonyl (C=O) groups excluding carboxylic acids is 2. The molecule has 2 amide bonds. The minimum atomic E-state index is -0.704. The van der Waals surface area contributed by atoms with Gasteiger partial charge in [-0.05, 0) is 38.1 Å². The van der Waals surface area contributed by atoms with E-state index in [1.807, 2.05) is 33.8 Å². The number of amides is 2. The third kappa shape index (κ3) is 10.0. The highest BCUT2D eigenvalue weighted by molar-refractivity contribution is 6.12. The lowest BCUT2D eigenvalue weighted by Crippen LogP contribution is -2.47. The Hall–Kier alpha value is -3.66. The molecule has 2 atom stereocenters. The number of nitrogens with one attached hydrogen (secondary N) is 3. The van der Waals surface area contributed by atoms with E-state index < -0.39 is 17.9 Å². The number of nitrogens with zero attached hydrogens (tertiary/aromatic N) is 2. The van der Waals surface area contributed by atoms with Crippen LogP contribution < -0.4 is 16.8 Å². The quantitative estimate of drug-likeness (QED) is 0.244. The summed E-state index contributed by atoms with van der Waals surface area (Å²) in [6.07, 6.45) is 2.41. The third-order valence-electron chi connectivity index (χ3n) is 4.38. The van der Waals surface area contributed by atoms with Crippen LogP contribution in [0.3, 0.4) is 0 Å². The molecule has 2 rings (SSSR count). The van der Waals surface area contributed by atoms with Crippen LogP contribution in [0.15, 0.2) is 36.5 Å². The van der Waals surface area contributed by atoms with Crippen LogP contribution in [0.5, 0.6) is 0 Å². The molecule has 0 aliphatic heterocycles. The molecule has 180 valence electrons. The Bertz CT molecular complexity index is 914. The van der Waals surface area contributed by atoms with E-state index in [-0.39, 0.29) is 17.6 Å². The summed E-state index contributed by atoms with van der Waals surface area (Å²) in [4.78, 5) is 30.0. The van der Waals surface area contributed by atoms with E-state index in [1.165, 1.54) is 11.0 Å². The molecule has 0 aliphatic carbocycles. The van der Waals surface area contributed by atoms with Crippen molar-refractivity contribution in [1.29, 1.82) is 10.8 Å². The first-order valence-electron chi connectivity index (χ1n) is 10.4. The van der Waals surface area contributed by atoms with Crippen LogP contribution in [-0.4, -0.2) is 53.4 Å². The summed E-state index contributed by atoms with van der Waals surface area (Å²) >= 11 is 0. The van der Waals surface area contributed by atoms with Gasteiger partial charge < -0.3 is 32.5 Å². The van der Waals surface area contributed by atoms with Crippen molar-refractivity contribution < 1.29 is 14.0 Å². The SMILES string of the molecule is CC.Cc1ccc(N)c(C(=O)N(C)[C@@H](C)CC(N)NC(=O)c2ccc(F)cn2)c1.N=CC=N. The highest BCUT2D eigenvalue weighted by Crippen LogP contribution is 2.17. The van der Waals surface area contributed by atoms with Gasteiger partial charge in [0.15, 0.2) is 0 Å². The maximum absolute atomic E-state index is 12.9. The van der Waals surface area contributed by atoms with Gasteiger partial charge in [0.1, 0.15) is 11.5 Å². The summed E-state index contributed by atoms with van der Waals surface area (Å²) in [5.41, 5.74) is 13.7. The Morgan fingerprint density at radius 1 is 1.21 bits per heavy atom. The van der Waals surface area contributed by atoms with Crippen molar-refractivity contribution in [3.8, 4) is 0 Å². The second-order valence-corrected chi connectivity index (χ2v) is 6.87. The second kappa shape index (κ2) is 15.2. The number of hydrogen-bond acceptors (Lipinski definition) is 7. The molecule has 7 N–H and O–H groups in total. The van der Waals surface area contributed by atoms with Crippen LogP contribution in [0.4, 0.5) is 10.1 Å². The molecule has 0 spiro atoms. The first-order chi connectivity index (χ1) is 15.6. The largest absolute Gasteiger partial charge is 0.398 e. The number of aryl methyl sites for hydroxylation is 1. The number of halogens is 1. The van der Waals surface area contributed by atoms with Crippen molar-refractivity contribution in [2.45, 2.75) is 46.3 Å². The van der Waals surface area contributed by atoms with Crippen LogP contribution >= 0.6 is 0 Å². The molecular weight excluding hydrogens is 425 g/mol. The molecule has 0 fully saturated rings. The van der Waals surface area contributed by atoms with Crippen molar-refractivity contribution in [1.82, 2.24) is 15.2 Å². The van der Waals surface area contributed by atoms with Gasteiger partial charge in [0, 0.05) is 37.6 Å². The highest BCUT2D eigenvalue weighted by Gasteiger charge is 2.22. The number of hydrogen-bond donors (Lipinski definition) is 5. The predicted molar refractivity (Wildman–Crippen MR) is 130 cm³/mol. The third-order valence-corrected chi connectivity index (χ3v) is 4.38. The van der Waals surface area contributed by atoms with Crippen LogP contribution in [-0.2, 0) is 0 Å². The summed E-state index contributed by atoms with van der Waals surface area (Å²) in [5.74, 6) is -1.26. The van der Waals surface area contributed by atoms with Crippen molar-refractivity contribution in [2.75, 3.05) is 12.8 Å². The Morgan fingerprint density at radius 3 is 2.33 bits per heavy atom. The van der Waals surface area contributed by atoms with Crippen molar-refractivity contribution in [3.05, 3.63) is 59.2 Å². The predicted octanol–water partition coefficient (Wildman–Crippen LogP) is 2.99. The fourth-order valence-corrected chi connectivity index (χ4v) is 2.58. The van der Waals surface area contributed by atoms with Gasteiger partial charge >= 0.3 is 0 Å². The summed E-state index contributed by atoms with van der Waals surface area (Å²) in [6.45, 7) is 7.71. The van der Waals surface area contributed by atoms with Gasteiger partial charge in [0.05, 0.1) is 17.9 Å². The summed E-state index contributed by atoms with van der Waals surface area (Å²) < 4.78 is 12.9. The Balaban J connectivity index is 0.00000154. The number of pyridine rings is 1. The van der Waals surface area contributed by atoms with E-state index >= 15 is 0 Å². The number of benzene rings is 1. The van der Waals surface area contributed by atoms with Crippen LogP contribution in [0.1, 0.15) is 53.6 Å². The average Bonchev–Trinajstić information content (AvgIpc) is 2.81. The summed E-state index contributed by atoms with van der Waals surface area (Å²) in [6, 6.07) is 7.44. The van der Waals surface area contributed by atoms with E-state index in [1.54, 1.807) is 19.2 Å². The number of aromatic nitrogens is 1. The Morgan fingerprint density at radius 2 is 1.82 bits per heavy atom. The molecule has 2 aromatic rings. The van der Waals surface area contributed by atoms with Gasteiger partial charge in [-0.3, -0.25) is 9.59 Å². The topological polar surface area (TPSA) is 162 Å². The molecule has 0 saturated carbocycles. The molecule has 1 aromatic heterocycles. The lowest BCUT2D eigenvalue weighted by Gasteiger charge is -2.28. The maximum atomic E-state index is 12.9. The minimum Gasteiger partial charge on any atom is -0.398 e. The number of nitrogen functional groups attached to an aromatic ring is 1. The molecule has 0 aliphatic rings. The average molecular weight is 460 g/mol. The maximum Gasteiger partial charge on any atom is 0.271 e. The smallest absolute Gasteiger partial charge is 0.271 e. The van der Waals surface area contributed by atoms with Gasteiger partial charge in [0.2, 0.25) is 0 Å². The molecule has 10 heteroatoms. The monoisotopic (exact) mass is 459 g/mol. The van der Waals surface area contributed by atoms with Crippen molar-refractivity contribution in [3.63, 3.8) is 0 Å². The second-order valence-electron chi connectivity index (χ2n) is 6.87. The fraction of sp³-hybridized carbons (Fsp3) is 0.348. The van der Waals surface area contributed by atoms with Gasteiger partial charge in [-0.1, -0.05) is 25.5 Å². The molecule has 9 nitrogen and oxygen atoms in total. The zero-order valence-electron chi connectivity index (χ0n) is 19.7. The lowest BCUT2D eigenvalue weighted by atomic mass is 10.1. The van der Waals surface area contributed by atoms with Crippen molar-refractivity contribution >= 4 is 29.9 Å². The van der Waals surface area contributed by atoms with Gasteiger partial charge in [-0.25, -0.2) is 9.37 Å².